The number of aromatic amines is 1. The maximum Gasteiger partial charge on any atom is 0.156 e. The number of benzene rings is 2. The summed E-state index contributed by atoms with van der Waals surface area (Å²) in [5, 5.41) is 18.3. The van der Waals surface area contributed by atoms with Gasteiger partial charge in [0, 0.05) is 24.3 Å². The Bertz CT molecular complexity index is 1260. The Hall–Kier alpha value is -3.65. The van der Waals surface area contributed by atoms with E-state index in [4.69, 9.17) is 11.1 Å². The minimum Gasteiger partial charge on any atom is -0.398 e. The van der Waals surface area contributed by atoms with Gasteiger partial charge < -0.3 is 25.6 Å². The number of likely N-dealkylation sites (tertiary alicyclic amines) is 1. The van der Waals surface area contributed by atoms with Gasteiger partial charge in [-0.2, -0.15) is 0 Å². The highest BCUT2D eigenvalue weighted by Gasteiger charge is 2.29. The first-order valence-corrected chi connectivity index (χ1v) is 11.5. The molecule has 1 atom stereocenters. The largest absolute Gasteiger partial charge is 0.398 e. The van der Waals surface area contributed by atoms with Gasteiger partial charge in [0.1, 0.15) is 11.5 Å². The van der Waals surface area contributed by atoms with Gasteiger partial charge in [-0.1, -0.05) is 31.7 Å². The molecule has 34 heavy (non-hydrogen) atoms. The second kappa shape index (κ2) is 8.61. The fourth-order valence-electron chi connectivity index (χ4n) is 4.85. The lowest BCUT2D eigenvalue weighted by Gasteiger charge is -2.29. The van der Waals surface area contributed by atoms with Crippen molar-refractivity contribution in [2.45, 2.75) is 33.0 Å². The van der Waals surface area contributed by atoms with E-state index < -0.39 is 0 Å². The summed E-state index contributed by atoms with van der Waals surface area (Å²) in [6.45, 7) is 9.80. The molecule has 1 unspecified atom stereocenters. The van der Waals surface area contributed by atoms with Gasteiger partial charge in [-0.3, -0.25) is 5.41 Å². The van der Waals surface area contributed by atoms with Gasteiger partial charge in [-0.15, -0.1) is 0 Å². The summed E-state index contributed by atoms with van der Waals surface area (Å²) in [4.78, 5) is 12.5. The number of fused-ring (bicyclic) bond motifs is 1. The Morgan fingerprint density at radius 2 is 2.09 bits per heavy atom. The molecular formula is C26H29FN6O. The molecule has 1 saturated heterocycles. The summed E-state index contributed by atoms with van der Waals surface area (Å²) < 4.78 is 13.8. The normalized spacial score (nSPS) is 17.3. The lowest BCUT2D eigenvalue weighted by atomic mass is 9.96. The summed E-state index contributed by atoms with van der Waals surface area (Å²) in [6.07, 6.45) is 1.19. The smallest absolute Gasteiger partial charge is 0.156 e. The van der Waals surface area contributed by atoms with Gasteiger partial charge in [0.15, 0.2) is 5.82 Å². The number of halogens is 1. The van der Waals surface area contributed by atoms with Crippen molar-refractivity contribution in [2.75, 3.05) is 18.8 Å². The maximum atomic E-state index is 13.8. The molecule has 0 spiro atoms. The van der Waals surface area contributed by atoms with Crippen molar-refractivity contribution in [2.24, 2.45) is 5.92 Å². The Kier molecular flexibility index (Phi) is 5.61. The number of nitrogens with zero attached hydrogens (tertiary/aromatic N) is 3. The van der Waals surface area contributed by atoms with Crippen LogP contribution < -0.4 is 5.73 Å². The summed E-state index contributed by atoms with van der Waals surface area (Å²) in [7, 11) is 0. The molecule has 0 bridgehead atoms. The van der Waals surface area contributed by atoms with E-state index in [9.17, 15) is 9.50 Å². The molecule has 1 aromatic heterocycles. The monoisotopic (exact) mass is 460 g/mol. The molecule has 7 nitrogen and oxygen atoms in total. The van der Waals surface area contributed by atoms with E-state index in [-0.39, 0.29) is 18.1 Å². The lowest BCUT2D eigenvalue weighted by Crippen LogP contribution is -2.30. The van der Waals surface area contributed by atoms with Gasteiger partial charge in [0.05, 0.1) is 36.9 Å². The van der Waals surface area contributed by atoms with E-state index in [0.29, 0.717) is 52.8 Å². The van der Waals surface area contributed by atoms with Crippen molar-refractivity contribution in [3.63, 3.8) is 0 Å². The third kappa shape index (κ3) is 3.94. The van der Waals surface area contributed by atoms with Crippen molar-refractivity contribution >= 4 is 11.4 Å². The SMILES string of the molecule is C=C(N1Cc2nc(C(=N)c3ccc(-c4cc(F)ccc4CO)cc3N)[nH]c2C1)N1CCC(C)C1. The van der Waals surface area contributed by atoms with E-state index in [1.165, 1.54) is 18.6 Å². The van der Waals surface area contributed by atoms with Gasteiger partial charge in [0.25, 0.3) is 0 Å². The van der Waals surface area contributed by atoms with Crippen LogP contribution in [0.5, 0.6) is 0 Å². The third-order valence-electron chi connectivity index (χ3n) is 6.82. The number of nitrogens with two attached hydrogens (primary N) is 1. The molecule has 0 aliphatic carbocycles. The number of H-pyrrole nitrogens is 1. The fourth-order valence-corrected chi connectivity index (χ4v) is 4.85. The van der Waals surface area contributed by atoms with Crippen LogP contribution in [0.3, 0.4) is 0 Å². The molecule has 5 rings (SSSR count). The average molecular weight is 461 g/mol. The summed E-state index contributed by atoms with van der Waals surface area (Å²) in [5.74, 6) is 1.82. The molecule has 2 aliphatic heterocycles. The number of nitrogens with one attached hydrogen (secondary N) is 2. The fraction of sp³-hybridized carbons (Fsp3) is 0.308. The highest BCUT2D eigenvalue weighted by molar-refractivity contribution is 6.12. The number of nitrogen functional groups attached to an aromatic ring is 1. The predicted molar refractivity (Wildman–Crippen MR) is 130 cm³/mol. The minimum atomic E-state index is -0.385. The van der Waals surface area contributed by atoms with Crippen LogP contribution in [0.1, 0.15) is 41.7 Å². The van der Waals surface area contributed by atoms with E-state index in [1.807, 2.05) is 0 Å². The Labute approximate surface area is 198 Å². The Morgan fingerprint density at radius 1 is 1.26 bits per heavy atom. The molecule has 8 heteroatoms. The van der Waals surface area contributed by atoms with Crippen molar-refractivity contribution in [3.05, 3.63) is 83.0 Å². The number of hydrogen-bond donors (Lipinski definition) is 4. The average Bonchev–Trinajstić information content (AvgIpc) is 3.53. The minimum absolute atomic E-state index is 0.203. The van der Waals surface area contributed by atoms with Crippen LogP contribution in [-0.2, 0) is 19.7 Å². The van der Waals surface area contributed by atoms with Crippen LogP contribution in [0.25, 0.3) is 11.1 Å². The van der Waals surface area contributed by atoms with Crippen LogP contribution in [0.2, 0.25) is 0 Å². The second-order valence-corrected chi connectivity index (χ2v) is 9.26. The van der Waals surface area contributed by atoms with Gasteiger partial charge in [-0.25, -0.2) is 9.37 Å². The lowest BCUT2D eigenvalue weighted by molar-refractivity contribution is 0.234. The number of aromatic nitrogens is 2. The van der Waals surface area contributed by atoms with Crippen molar-refractivity contribution < 1.29 is 9.50 Å². The van der Waals surface area contributed by atoms with E-state index in [0.717, 1.165) is 30.3 Å². The highest BCUT2D eigenvalue weighted by atomic mass is 19.1. The molecule has 5 N–H and O–H groups in total. The van der Waals surface area contributed by atoms with Crippen LogP contribution in [0, 0.1) is 17.1 Å². The van der Waals surface area contributed by atoms with Gasteiger partial charge in [-0.05, 0) is 47.2 Å². The first-order chi connectivity index (χ1) is 16.3. The van der Waals surface area contributed by atoms with E-state index in [1.54, 1.807) is 24.3 Å². The van der Waals surface area contributed by atoms with Gasteiger partial charge >= 0.3 is 0 Å². The molecule has 176 valence electrons. The zero-order chi connectivity index (χ0) is 24.0. The summed E-state index contributed by atoms with van der Waals surface area (Å²) >= 11 is 0. The molecule has 0 amide bonds. The van der Waals surface area contributed by atoms with E-state index in [2.05, 4.69) is 33.3 Å². The summed E-state index contributed by atoms with van der Waals surface area (Å²) in [6, 6.07) is 9.50. The molecule has 2 aliphatic rings. The van der Waals surface area contributed by atoms with Crippen molar-refractivity contribution in [1.29, 1.82) is 5.41 Å². The van der Waals surface area contributed by atoms with Crippen molar-refractivity contribution in [3.8, 4) is 11.1 Å². The molecule has 3 aromatic rings. The Morgan fingerprint density at radius 3 is 2.76 bits per heavy atom. The molecule has 0 radical (unpaired) electrons. The Balaban J connectivity index is 1.33. The zero-order valence-electron chi connectivity index (χ0n) is 19.2. The molecule has 2 aromatic carbocycles. The number of anilines is 1. The van der Waals surface area contributed by atoms with Crippen molar-refractivity contribution in [1.82, 2.24) is 19.8 Å². The van der Waals surface area contributed by atoms with Gasteiger partial charge in [0.2, 0.25) is 0 Å². The molecule has 3 heterocycles. The maximum absolute atomic E-state index is 13.8. The third-order valence-corrected chi connectivity index (χ3v) is 6.82. The van der Waals surface area contributed by atoms with E-state index >= 15 is 0 Å². The second-order valence-electron chi connectivity index (χ2n) is 9.26. The summed E-state index contributed by atoms with van der Waals surface area (Å²) in [5.41, 5.74) is 11.2. The molecule has 1 fully saturated rings. The van der Waals surface area contributed by atoms with Crippen LogP contribution in [0.4, 0.5) is 10.1 Å². The first-order valence-electron chi connectivity index (χ1n) is 11.5. The number of rotatable bonds is 6. The zero-order valence-corrected chi connectivity index (χ0v) is 19.2. The van der Waals surface area contributed by atoms with Crippen LogP contribution >= 0.6 is 0 Å². The number of hydrogen-bond acceptors (Lipinski definition) is 6. The molecular weight excluding hydrogens is 431 g/mol. The topological polar surface area (TPSA) is 105 Å². The highest BCUT2D eigenvalue weighted by Crippen LogP contribution is 2.31. The standard InChI is InChI=1S/C26H29FN6O/c1-15-7-8-32(11-15)16(2)33-12-23-24(13-33)31-26(30-23)25(29)20-6-4-17(9-22(20)28)21-10-19(27)5-3-18(21)14-34/h3-6,9-10,15,29,34H,2,7-8,11-14,28H2,1H3,(H,30,31). The van der Waals surface area contributed by atoms with Crippen LogP contribution in [0.15, 0.2) is 48.8 Å². The van der Waals surface area contributed by atoms with Crippen LogP contribution in [-0.4, -0.2) is 43.7 Å². The predicted octanol–water partition coefficient (Wildman–Crippen LogP) is 3.84. The quantitative estimate of drug-likeness (QED) is 0.331. The molecule has 0 saturated carbocycles. The number of imidazole rings is 1. The number of aliphatic hydroxyl groups is 1. The first kappa shape index (κ1) is 22.2. The number of aliphatic hydroxyl groups excluding tert-OH is 1.